The Morgan fingerprint density at radius 3 is 2.30 bits per heavy atom. The summed E-state index contributed by atoms with van der Waals surface area (Å²) in [6.07, 6.45) is 1.82. The van der Waals surface area contributed by atoms with Crippen molar-refractivity contribution in [2.75, 3.05) is 13.2 Å². The molecule has 0 bridgehead atoms. The van der Waals surface area contributed by atoms with Crippen LogP contribution in [0.3, 0.4) is 0 Å². The molecule has 0 saturated carbocycles. The van der Waals surface area contributed by atoms with Gasteiger partial charge in [0.15, 0.2) is 6.61 Å². The first-order valence-corrected chi connectivity index (χ1v) is 6.65. The molecule has 0 aliphatic heterocycles. The van der Waals surface area contributed by atoms with Crippen LogP contribution >= 0.6 is 0 Å². The molecule has 0 radical (unpaired) electrons. The highest BCUT2D eigenvalue weighted by Gasteiger charge is 2.11. The summed E-state index contributed by atoms with van der Waals surface area (Å²) in [5.74, 6) is -0.291. The molecule has 0 fully saturated rings. The van der Waals surface area contributed by atoms with Crippen molar-refractivity contribution in [2.45, 2.75) is 33.6 Å². The second kappa shape index (κ2) is 7.53. The van der Waals surface area contributed by atoms with Gasteiger partial charge >= 0.3 is 5.97 Å². The quantitative estimate of drug-likeness (QED) is 0.612. The lowest BCUT2D eigenvalue weighted by Crippen LogP contribution is -2.17. The summed E-state index contributed by atoms with van der Waals surface area (Å²) in [5.41, 5.74) is 7.19. The number of primary amides is 1. The minimum atomic E-state index is -0.485. The number of hydrogen-bond acceptors (Lipinski definition) is 4. The topological polar surface area (TPSA) is 78.6 Å². The summed E-state index contributed by atoms with van der Waals surface area (Å²) in [5, 5.41) is 0. The molecule has 110 valence electrons. The molecule has 2 N–H and O–H groups in total. The molecule has 0 spiro atoms. The smallest absolute Gasteiger partial charge is 0.344 e. The Morgan fingerprint density at radius 2 is 1.80 bits per heavy atom. The number of nitrogens with two attached hydrogens (primary N) is 1. The Bertz CT molecular complexity index is 474. The van der Waals surface area contributed by atoms with Gasteiger partial charge in [-0.15, -0.1) is 0 Å². The zero-order valence-corrected chi connectivity index (χ0v) is 12.2. The van der Waals surface area contributed by atoms with Crippen LogP contribution in [-0.2, 0) is 9.53 Å². The number of hydrogen-bond donors (Lipinski definition) is 1. The number of benzene rings is 1. The summed E-state index contributed by atoms with van der Waals surface area (Å²) < 4.78 is 10.5. The molecule has 0 saturated heterocycles. The summed E-state index contributed by atoms with van der Waals surface area (Å²) in [6.45, 7) is 5.91. The zero-order chi connectivity index (χ0) is 15.1. The summed E-state index contributed by atoms with van der Waals surface area (Å²) >= 11 is 0. The van der Waals surface area contributed by atoms with E-state index in [9.17, 15) is 9.59 Å². The van der Waals surface area contributed by atoms with E-state index >= 15 is 0 Å². The van der Waals surface area contributed by atoms with Crippen LogP contribution in [0.5, 0.6) is 5.75 Å². The Morgan fingerprint density at radius 1 is 1.20 bits per heavy atom. The number of carbonyl (C=O) groups excluding carboxylic acids is 2. The van der Waals surface area contributed by atoms with Crippen molar-refractivity contribution in [1.82, 2.24) is 0 Å². The van der Waals surface area contributed by atoms with Crippen LogP contribution in [-0.4, -0.2) is 25.1 Å². The van der Waals surface area contributed by atoms with Gasteiger partial charge in [0.25, 0.3) is 0 Å². The molecule has 1 aromatic rings. The molecular weight excluding hydrogens is 258 g/mol. The zero-order valence-electron chi connectivity index (χ0n) is 12.2. The normalized spacial score (nSPS) is 10.2. The Hall–Kier alpha value is -2.04. The van der Waals surface area contributed by atoms with Gasteiger partial charge in [-0.25, -0.2) is 4.79 Å². The molecule has 20 heavy (non-hydrogen) atoms. The second-order valence-corrected chi connectivity index (χ2v) is 4.67. The van der Waals surface area contributed by atoms with Crippen LogP contribution < -0.4 is 10.5 Å². The Labute approximate surface area is 119 Å². The van der Waals surface area contributed by atoms with E-state index in [1.54, 1.807) is 26.0 Å². The number of rotatable bonds is 7. The first-order valence-electron chi connectivity index (χ1n) is 6.65. The summed E-state index contributed by atoms with van der Waals surface area (Å²) in [4.78, 5) is 22.6. The van der Waals surface area contributed by atoms with E-state index in [-0.39, 0.29) is 6.61 Å². The van der Waals surface area contributed by atoms with Crippen LogP contribution in [0.2, 0.25) is 0 Å². The molecule has 0 aliphatic carbocycles. The average molecular weight is 279 g/mol. The number of aryl methyl sites for hydroxylation is 2. The summed E-state index contributed by atoms with van der Waals surface area (Å²) in [7, 11) is 0. The standard InChI is InChI=1S/C15H21NO4/c1-4-5-6-19-13(17)9-20-14-10(2)7-12(15(16)18)8-11(14)3/h7-8H,4-6,9H2,1-3H3,(H2,16,18). The lowest BCUT2D eigenvalue weighted by atomic mass is 10.1. The van der Waals surface area contributed by atoms with Gasteiger partial charge in [0.1, 0.15) is 5.75 Å². The fraction of sp³-hybridized carbons (Fsp3) is 0.467. The fourth-order valence-corrected chi connectivity index (χ4v) is 1.82. The molecular formula is C15H21NO4. The molecule has 0 aliphatic rings. The van der Waals surface area contributed by atoms with Crippen LogP contribution in [0, 0.1) is 13.8 Å². The van der Waals surface area contributed by atoms with E-state index in [4.69, 9.17) is 15.2 Å². The lowest BCUT2D eigenvalue weighted by Gasteiger charge is -2.13. The first-order chi connectivity index (χ1) is 9.45. The van der Waals surface area contributed by atoms with Crippen molar-refractivity contribution in [3.8, 4) is 5.75 Å². The lowest BCUT2D eigenvalue weighted by molar-refractivity contribution is -0.146. The van der Waals surface area contributed by atoms with E-state index in [2.05, 4.69) is 0 Å². The first kappa shape index (κ1) is 16.0. The maximum atomic E-state index is 11.5. The van der Waals surface area contributed by atoms with Crippen LogP contribution in [0.15, 0.2) is 12.1 Å². The molecule has 0 aromatic heterocycles. The molecule has 1 rings (SSSR count). The third-order valence-corrected chi connectivity index (χ3v) is 2.84. The largest absolute Gasteiger partial charge is 0.481 e. The molecule has 5 nitrogen and oxygen atoms in total. The van der Waals surface area contributed by atoms with Crippen molar-refractivity contribution < 1.29 is 19.1 Å². The number of unbranched alkanes of at least 4 members (excludes halogenated alkanes) is 1. The highest BCUT2D eigenvalue weighted by molar-refractivity contribution is 5.93. The van der Waals surface area contributed by atoms with Gasteiger partial charge in [-0.05, 0) is 43.5 Å². The number of esters is 1. The number of carbonyl (C=O) groups is 2. The SMILES string of the molecule is CCCCOC(=O)COc1c(C)cc(C(N)=O)cc1C. The highest BCUT2D eigenvalue weighted by atomic mass is 16.6. The molecule has 1 aromatic carbocycles. The van der Waals surface area contributed by atoms with Crippen molar-refractivity contribution in [3.63, 3.8) is 0 Å². The van der Waals surface area contributed by atoms with Crippen molar-refractivity contribution >= 4 is 11.9 Å². The minimum Gasteiger partial charge on any atom is -0.481 e. The molecule has 0 heterocycles. The van der Waals surface area contributed by atoms with Crippen LogP contribution in [0.1, 0.15) is 41.3 Å². The molecule has 5 heteroatoms. The Balaban J connectivity index is 2.64. The fourth-order valence-electron chi connectivity index (χ4n) is 1.82. The Kier molecular flexibility index (Phi) is 6.03. The number of ether oxygens (including phenoxy) is 2. The molecule has 0 unspecified atom stereocenters. The van der Waals surface area contributed by atoms with Crippen molar-refractivity contribution in [1.29, 1.82) is 0 Å². The van der Waals surface area contributed by atoms with Crippen LogP contribution in [0.4, 0.5) is 0 Å². The summed E-state index contributed by atoms with van der Waals surface area (Å²) in [6, 6.07) is 3.29. The number of amides is 1. The van der Waals surface area contributed by atoms with E-state index in [1.807, 2.05) is 6.92 Å². The monoisotopic (exact) mass is 279 g/mol. The van der Waals surface area contributed by atoms with Gasteiger partial charge in [0, 0.05) is 5.56 Å². The van der Waals surface area contributed by atoms with Gasteiger partial charge < -0.3 is 15.2 Å². The van der Waals surface area contributed by atoms with Gasteiger partial charge in [-0.3, -0.25) is 4.79 Å². The van der Waals surface area contributed by atoms with Gasteiger partial charge in [-0.1, -0.05) is 13.3 Å². The van der Waals surface area contributed by atoms with E-state index < -0.39 is 11.9 Å². The maximum Gasteiger partial charge on any atom is 0.344 e. The predicted molar refractivity (Wildman–Crippen MR) is 75.8 cm³/mol. The maximum absolute atomic E-state index is 11.5. The van der Waals surface area contributed by atoms with Gasteiger partial charge in [-0.2, -0.15) is 0 Å². The van der Waals surface area contributed by atoms with Gasteiger partial charge in [0.2, 0.25) is 5.91 Å². The highest BCUT2D eigenvalue weighted by Crippen LogP contribution is 2.24. The molecule has 1 amide bonds. The van der Waals surface area contributed by atoms with Crippen molar-refractivity contribution in [2.24, 2.45) is 5.73 Å². The van der Waals surface area contributed by atoms with Crippen LogP contribution in [0.25, 0.3) is 0 Å². The third-order valence-electron chi connectivity index (χ3n) is 2.84. The molecule has 0 atom stereocenters. The third kappa shape index (κ3) is 4.57. The predicted octanol–water partition coefficient (Wildman–Crippen LogP) is 2.12. The second-order valence-electron chi connectivity index (χ2n) is 4.67. The minimum absolute atomic E-state index is 0.138. The average Bonchev–Trinajstić information content (AvgIpc) is 2.37. The van der Waals surface area contributed by atoms with E-state index in [1.165, 1.54) is 0 Å². The van der Waals surface area contributed by atoms with E-state index in [0.29, 0.717) is 17.9 Å². The van der Waals surface area contributed by atoms with E-state index in [0.717, 1.165) is 24.0 Å². The van der Waals surface area contributed by atoms with Crippen molar-refractivity contribution in [3.05, 3.63) is 28.8 Å². The van der Waals surface area contributed by atoms with Gasteiger partial charge in [0.05, 0.1) is 6.61 Å².